The third-order valence-electron chi connectivity index (χ3n) is 5.28. The number of carbonyl (C=O) groups is 3. The van der Waals surface area contributed by atoms with Crippen LogP contribution in [0.4, 0.5) is 14.5 Å². The van der Waals surface area contributed by atoms with Crippen molar-refractivity contribution in [1.29, 1.82) is 0 Å². The van der Waals surface area contributed by atoms with Gasteiger partial charge in [-0.1, -0.05) is 0 Å². The van der Waals surface area contributed by atoms with E-state index in [1.807, 2.05) is 0 Å². The first-order chi connectivity index (χ1) is 14.9. The summed E-state index contributed by atoms with van der Waals surface area (Å²) in [5.74, 6) is -1.46. The van der Waals surface area contributed by atoms with Crippen LogP contribution in [0.3, 0.4) is 0 Å². The second-order valence-corrected chi connectivity index (χ2v) is 7.21. The van der Waals surface area contributed by atoms with Gasteiger partial charge in [-0.25, -0.2) is 4.79 Å². The van der Waals surface area contributed by atoms with Crippen LogP contribution >= 0.6 is 0 Å². The predicted molar refractivity (Wildman–Crippen MR) is 105 cm³/mol. The summed E-state index contributed by atoms with van der Waals surface area (Å²) in [4.78, 5) is 38.9. The molecule has 0 saturated heterocycles. The Balaban J connectivity index is 1.45. The molecule has 4 rings (SSSR count). The molecule has 0 spiro atoms. The second kappa shape index (κ2) is 8.33. The van der Waals surface area contributed by atoms with E-state index in [9.17, 15) is 23.2 Å². The van der Waals surface area contributed by atoms with Crippen LogP contribution in [0.5, 0.6) is 11.5 Å². The molecule has 2 aliphatic heterocycles. The van der Waals surface area contributed by atoms with Gasteiger partial charge in [-0.3, -0.25) is 9.59 Å². The number of ether oxygens (including phenoxy) is 3. The maximum Gasteiger partial charge on any atom is 0.387 e. The topological polar surface area (TPSA) is 82.1 Å². The van der Waals surface area contributed by atoms with E-state index < -0.39 is 25.0 Å². The zero-order valence-electron chi connectivity index (χ0n) is 16.7. The Kier molecular flexibility index (Phi) is 5.58. The van der Waals surface area contributed by atoms with Gasteiger partial charge in [0.2, 0.25) is 5.91 Å². The number of esters is 1. The molecule has 1 amide bonds. The van der Waals surface area contributed by atoms with E-state index in [0.29, 0.717) is 12.1 Å². The summed E-state index contributed by atoms with van der Waals surface area (Å²) >= 11 is 0. The highest BCUT2D eigenvalue weighted by Crippen LogP contribution is 2.37. The van der Waals surface area contributed by atoms with Gasteiger partial charge in [-0.15, -0.1) is 0 Å². The molecule has 162 valence electrons. The minimum atomic E-state index is -3.04. The number of rotatable bonds is 7. The molecule has 2 heterocycles. The van der Waals surface area contributed by atoms with Gasteiger partial charge < -0.3 is 19.1 Å². The van der Waals surface area contributed by atoms with Crippen LogP contribution in [0, 0.1) is 0 Å². The largest absolute Gasteiger partial charge is 0.493 e. The fraction of sp³-hybridized carbons (Fsp3) is 0.318. The molecule has 2 aromatic carbocycles. The van der Waals surface area contributed by atoms with Crippen LogP contribution < -0.4 is 14.4 Å². The monoisotopic (exact) mass is 431 g/mol. The Morgan fingerprint density at radius 3 is 2.61 bits per heavy atom. The number of amides is 1. The molecule has 0 aliphatic carbocycles. The van der Waals surface area contributed by atoms with Gasteiger partial charge in [-0.05, 0) is 54.3 Å². The zero-order chi connectivity index (χ0) is 22.1. The molecule has 0 aromatic heterocycles. The van der Waals surface area contributed by atoms with Crippen LogP contribution in [0.2, 0.25) is 0 Å². The molecule has 2 aliphatic rings. The molecule has 0 saturated carbocycles. The van der Waals surface area contributed by atoms with Gasteiger partial charge in [0.15, 0.2) is 23.9 Å². The summed E-state index contributed by atoms with van der Waals surface area (Å²) in [5, 5.41) is 0. The number of halogens is 2. The molecular weight excluding hydrogens is 412 g/mol. The van der Waals surface area contributed by atoms with Crippen LogP contribution in [-0.4, -0.2) is 44.5 Å². The molecule has 31 heavy (non-hydrogen) atoms. The number of hydrogen-bond donors (Lipinski definition) is 0. The number of hydrogen-bond acceptors (Lipinski definition) is 6. The van der Waals surface area contributed by atoms with Crippen LogP contribution in [0.1, 0.15) is 38.3 Å². The first kappa shape index (κ1) is 20.8. The lowest BCUT2D eigenvalue weighted by Gasteiger charge is -2.25. The van der Waals surface area contributed by atoms with Gasteiger partial charge in [0.05, 0.1) is 24.8 Å². The summed E-state index contributed by atoms with van der Waals surface area (Å²) in [5.41, 5.74) is 3.08. The summed E-state index contributed by atoms with van der Waals surface area (Å²) in [6.07, 6.45) is 1.87. The minimum Gasteiger partial charge on any atom is -0.493 e. The molecule has 0 bridgehead atoms. The zero-order valence-corrected chi connectivity index (χ0v) is 16.7. The van der Waals surface area contributed by atoms with Crippen molar-refractivity contribution in [1.82, 2.24) is 0 Å². The smallest absolute Gasteiger partial charge is 0.387 e. The van der Waals surface area contributed by atoms with E-state index in [-0.39, 0.29) is 29.4 Å². The molecule has 7 nitrogen and oxygen atoms in total. The van der Waals surface area contributed by atoms with E-state index in [2.05, 4.69) is 4.74 Å². The average Bonchev–Trinajstić information content (AvgIpc) is 3.08. The third-order valence-corrected chi connectivity index (χ3v) is 5.28. The molecule has 9 heteroatoms. The number of methoxy groups -OCH3 is 1. The number of alkyl halides is 2. The standard InChI is InChI=1S/C22H19F2NO6/c1-29-18-9-13(4-5-17(18)31-22(23)24)21(28)30-11-16(26)14-7-12-3-2-6-25-19(27)10-15(8-14)20(12)25/h4-5,7-9,22H,2-3,6,10-11H2,1H3. The lowest BCUT2D eigenvalue weighted by atomic mass is 9.95. The highest BCUT2D eigenvalue weighted by Gasteiger charge is 2.33. The second-order valence-electron chi connectivity index (χ2n) is 7.21. The quantitative estimate of drug-likeness (QED) is 0.495. The predicted octanol–water partition coefficient (Wildman–Crippen LogP) is 3.17. The van der Waals surface area contributed by atoms with Crippen molar-refractivity contribution in [2.75, 3.05) is 25.2 Å². The van der Waals surface area contributed by atoms with Crippen molar-refractivity contribution in [3.8, 4) is 11.5 Å². The van der Waals surface area contributed by atoms with E-state index in [1.54, 1.807) is 17.0 Å². The summed E-state index contributed by atoms with van der Waals surface area (Å²) < 4.78 is 39.2. The molecule has 0 N–H and O–H groups in total. The molecule has 0 fully saturated rings. The maximum absolute atomic E-state index is 12.6. The third kappa shape index (κ3) is 4.08. The summed E-state index contributed by atoms with van der Waals surface area (Å²) in [6.45, 7) is -2.84. The fourth-order valence-corrected chi connectivity index (χ4v) is 3.93. The first-order valence-corrected chi connectivity index (χ1v) is 9.66. The number of Topliss-reactive ketones (excluding diaryl/α,β-unsaturated/α-hetero) is 1. The normalized spacial score (nSPS) is 14.5. The molecular formula is C22H19F2NO6. The van der Waals surface area contributed by atoms with Crippen molar-refractivity contribution in [3.05, 3.63) is 52.6 Å². The van der Waals surface area contributed by atoms with Crippen LogP contribution in [0.15, 0.2) is 30.3 Å². The highest BCUT2D eigenvalue weighted by molar-refractivity contribution is 6.05. The number of benzene rings is 2. The van der Waals surface area contributed by atoms with Crippen molar-refractivity contribution < 1.29 is 37.4 Å². The molecule has 0 unspecified atom stereocenters. The summed E-state index contributed by atoms with van der Waals surface area (Å²) in [7, 11) is 1.25. The summed E-state index contributed by atoms with van der Waals surface area (Å²) in [6, 6.07) is 7.03. The van der Waals surface area contributed by atoms with E-state index in [1.165, 1.54) is 19.2 Å². The average molecular weight is 431 g/mol. The van der Waals surface area contributed by atoms with Crippen LogP contribution in [0.25, 0.3) is 0 Å². The van der Waals surface area contributed by atoms with Crippen LogP contribution in [-0.2, 0) is 22.4 Å². The van der Waals surface area contributed by atoms with Gasteiger partial charge in [0.1, 0.15) is 0 Å². The lowest BCUT2D eigenvalue weighted by molar-refractivity contribution is -0.117. The highest BCUT2D eigenvalue weighted by atomic mass is 19.3. The number of anilines is 1. The number of aryl methyl sites for hydroxylation is 1. The van der Waals surface area contributed by atoms with Crippen molar-refractivity contribution in [2.24, 2.45) is 0 Å². The van der Waals surface area contributed by atoms with E-state index in [0.717, 1.165) is 35.7 Å². The molecule has 0 atom stereocenters. The van der Waals surface area contributed by atoms with Crippen molar-refractivity contribution >= 4 is 23.3 Å². The number of ketones is 1. The Labute approximate surface area is 176 Å². The molecule has 2 aromatic rings. The maximum atomic E-state index is 12.6. The fourth-order valence-electron chi connectivity index (χ4n) is 3.93. The Hall–Kier alpha value is -3.49. The lowest BCUT2D eigenvalue weighted by Crippen LogP contribution is -2.31. The van der Waals surface area contributed by atoms with Gasteiger partial charge >= 0.3 is 12.6 Å². The minimum absolute atomic E-state index is 0.0246. The molecule has 0 radical (unpaired) electrons. The SMILES string of the molecule is COc1cc(C(=O)OCC(=O)c2cc3c4c(c2)CC(=O)N4CCC3)ccc1OC(F)F. The van der Waals surface area contributed by atoms with Gasteiger partial charge in [0, 0.05) is 12.1 Å². The number of carbonyl (C=O) groups excluding carboxylic acids is 3. The van der Waals surface area contributed by atoms with Gasteiger partial charge in [0.25, 0.3) is 0 Å². The first-order valence-electron chi connectivity index (χ1n) is 9.66. The Morgan fingerprint density at radius 2 is 1.87 bits per heavy atom. The Morgan fingerprint density at radius 1 is 1.10 bits per heavy atom. The van der Waals surface area contributed by atoms with Gasteiger partial charge in [-0.2, -0.15) is 8.78 Å². The number of nitrogens with zero attached hydrogens (tertiary/aromatic N) is 1. The van der Waals surface area contributed by atoms with E-state index >= 15 is 0 Å². The van der Waals surface area contributed by atoms with E-state index in [4.69, 9.17) is 9.47 Å². The van der Waals surface area contributed by atoms with Crippen molar-refractivity contribution in [3.63, 3.8) is 0 Å². The van der Waals surface area contributed by atoms with Crippen molar-refractivity contribution in [2.45, 2.75) is 25.9 Å². The Bertz CT molecular complexity index is 1070.